The van der Waals surface area contributed by atoms with E-state index in [1.165, 1.54) is 5.56 Å². The number of Topliss-reactive ketones (excluding diaryl/α,β-unsaturated/α-hetero) is 1. The van der Waals surface area contributed by atoms with Crippen molar-refractivity contribution in [1.82, 2.24) is 9.88 Å². The van der Waals surface area contributed by atoms with Gasteiger partial charge in [-0.1, -0.05) is 66.8 Å². The fraction of sp³-hybridized carbons (Fsp3) is 0.133. The van der Waals surface area contributed by atoms with Crippen molar-refractivity contribution >= 4 is 22.4 Å². The molecular formula is C30H27N3O2. The Hall–Kier alpha value is -4.38. The molecule has 3 aromatic rings. The molecule has 2 aliphatic rings. The first-order valence-corrected chi connectivity index (χ1v) is 11.7. The predicted octanol–water partition coefficient (Wildman–Crippen LogP) is 5.85. The summed E-state index contributed by atoms with van der Waals surface area (Å²) in [6, 6.07) is 17.5. The summed E-state index contributed by atoms with van der Waals surface area (Å²) in [6.07, 6.45) is 17.5. The molecule has 0 saturated carbocycles. The Morgan fingerprint density at radius 2 is 1.60 bits per heavy atom. The molecule has 0 atom stereocenters. The molecule has 0 aliphatic carbocycles. The van der Waals surface area contributed by atoms with E-state index in [1.807, 2.05) is 110 Å². The van der Waals surface area contributed by atoms with Crippen molar-refractivity contribution in [1.29, 1.82) is 0 Å². The lowest BCUT2D eigenvalue weighted by Gasteiger charge is -2.37. The van der Waals surface area contributed by atoms with Crippen LogP contribution in [-0.4, -0.2) is 21.2 Å². The van der Waals surface area contributed by atoms with Crippen molar-refractivity contribution in [2.45, 2.75) is 25.9 Å². The number of pyridine rings is 1. The molecule has 5 nitrogen and oxygen atoms in total. The lowest BCUT2D eigenvalue weighted by atomic mass is 9.89. The Bertz CT molecular complexity index is 1480. The second-order valence-electron chi connectivity index (χ2n) is 8.62. The normalized spacial score (nSPS) is 17.0. The smallest absolute Gasteiger partial charge is 0.257 e. The van der Waals surface area contributed by atoms with Crippen LogP contribution >= 0.6 is 0 Å². The summed E-state index contributed by atoms with van der Waals surface area (Å²) in [4.78, 5) is 34.2. The Balaban J connectivity index is 1.68. The standard InChI is InChI=1S/C30H27N3O2/c1-3-5-14-23(11-4-2)33-28-26(24-15-9-10-16-25(24)29(35)31-28)27(34)30(33)17-19-32(20-18-30)21-22-12-7-6-8-13-22/h3-20H,21H2,1-2H3,(H,31,35)/b5-3+,11-4-,23-14-. The molecular weight excluding hydrogens is 434 g/mol. The maximum Gasteiger partial charge on any atom is 0.257 e. The second-order valence-corrected chi connectivity index (χ2v) is 8.62. The Labute approximate surface area is 204 Å². The van der Waals surface area contributed by atoms with Crippen LogP contribution in [0.25, 0.3) is 10.8 Å². The first-order valence-electron chi connectivity index (χ1n) is 11.7. The van der Waals surface area contributed by atoms with Gasteiger partial charge in [0.2, 0.25) is 5.78 Å². The molecule has 3 heterocycles. The van der Waals surface area contributed by atoms with Crippen molar-refractivity contribution in [3.05, 3.63) is 137 Å². The van der Waals surface area contributed by atoms with E-state index in [1.54, 1.807) is 6.07 Å². The van der Waals surface area contributed by atoms with E-state index in [-0.39, 0.29) is 11.3 Å². The van der Waals surface area contributed by atoms with Gasteiger partial charge in [-0.3, -0.25) is 9.59 Å². The van der Waals surface area contributed by atoms with E-state index >= 15 is 0 Å². The van der Waals surface area contributed by atoms with E-state index in [9.17, 15) is 9.59 Å². The SMILES string of the molecule is C\C=C/C(=C/C=C/C)N1c2[nH]c(=O)c3ccccc3c2C(=O)C12C=CN(Cc1ccccc1)C=C2. The molecule has 0 amide bonds. The molecule has 2 aliphatic heterocycles. The van der Waals surface area contributed by atoms with Gasteiger partial charge in [0.15, 0.2) is 0 Å². The van der Waals surface area contributed by atoms with Crippen LogP contribution in [0.4, 0.5) is 5.82 Å². The van der Waals surface area contributed by atoms with Gasteiger partial charge in [-0.05, 0) is 49.8 Å². The third kappa shape index (κ3) is 3.75. The van der Waals surface area contributed by atoms with Crippen LogP contribution < -0.4 is 10.5 Å². The van der Waals surface area contributed by atoms with E-state index in [4.69, 9.17) is 0 Å². The highest BCUT2D eigenvalue weighted by Gasteiger charge is 2.51. The fourth-order valence-electron chi connectivity index (χ4n) is 4.79. The number of H-pyrrole nitrogens is 1. The van der Waals surface area contributed by atoms with Crippen molar-refractivity contribution in [3.8, 4) is 0 Å². The average molecular weight is 462 g/mol. The number of aromatic amines is 1. The first kappa shape index (κ1) is 22.4. The van der Waals surface area contributed by atoms with Crippen LogP contribution in [0.15, 0.2) is 120 Å². The van der Waals surface area contributed by atoms with E-state index in [2.05, 4.69) is 22.0 Å². The molecule has 0 radical (unpaired) electrons. The molecule has 1 aromatic heterocycles. The maximum atomic E-state index is 14.2. The quantitative estimate of drug-likeness (QED) is 0.485. The minimum atomic E-state index is -1.09. The van der Waals surface area contributed by atoms with Crippen molar-refractivity contribution in [3.63, 3.8) is 0 Å². The van der Waals surface area contributed by atoms with Gasteiger partial charge in [-0.25, -0.2) is 0 Å². The first-order chi connectivity index (χ1) is 17.1. The largest absolute Gasteiger partial charge is 0.350 e. The number of carbonyl (C=O) groups excluding carboxylic acids is 1. The second kappa shape index (κ2) is 9.11. The number of allylic oxidation sites excluding steroid dienone is 5. The molecule has 0 unspecified atom stereocenters. The number of aromatic nitrogens is 1. The van der Waals surface area contributed by atoms with E-state index in [0.717, 1.165) is 5.70 Å². The molecule has 174 valence electrons. The van der Waals surface area contributed by atoms with Crippen LogP contribution in [-0.2, 0) is 6.54 Å². The van der Waals surface area contributed by atoms with Crippen LogP contribution in [0.5, 0.6) is 0 Å². The zero-order valence-electron chi connectivity index (χ0n) is 19.8. The topological polar surface area (TPSA) is 56.4 Å². The number of hydrogen-bond donors (Lipinski definition) is 1. The highest BCUT2D eigenvalue weighted by atomic mass is 16.1. The number of ketones is 1. The van der Waals surface area contributed by atoms with Crippen molar-refractivity contribution < 1.29 is 4.79 Å². The van der Waals surface area contributed by atoms with Crippen LogP contribution in [0, 0.1) is 0 Å². The number of carbonyl (C=O) groups is 1. The number of fused-ring (bicyclic) bond motifs is 3. The molecule has 0 fully saturated rings. The Morgan fingerprint density at radius 1 is 0.914 bits per heavy atom. The summed E-state index contributed by atoms with van der Waals surface area (Å²) in [5, 5.41) is 1.17. The van der Waals surface area contributed by atoms with Gasteiger partial charge in [0.25, 0.3) is 5.56 Å². The van der Waals surface area contributed by atoms with E-state index in [0.29, 0.717) is 28.7 Å². The summed E-state index contributed by atoms with van der Waals surface area (Å²) >= 11 is 0. The Kier molecular flexibility index (Phi) is 5.83. The number of benzene rings is 2. The van der Waals surface area contributed by atoms with Gasteiger partial charge in [-0.15, -0.1) is 0 Å². The van der Waals surface area contributed by atoms with Crippen molar-refractivity contribution in [2.75, 3.05) is 4.90 Å². The third-order valence-electron chi connectivity index (χ3n) is 6.40. The van der Waals surface area contributed by atoms with Crippen LogP contribution in [0.1, 0.15) is 29.8 Å². The molecule has 1 spiro atoms. The summed E-state index contributed by atoms with van der Waals surface area (Å²) in [6.45, 7) is 4.58. The molecule has 2 aromatic carbocycles. The highest BCUT2D eigenvalue weighted by Crippen LogP contribution is 2.45. The van der Waals surface area contributed by atoms with Gasteiger partial charge < -0.3 is 14.8 Å². The average Bonchev–Trinajstić information content (AvgIpc) is 3.11. The number of hydrogen-bond acceptors (Lipinski definition) is 4. The van der Waals surface area contributed by atoms with Gasteiger partial charge in [0.1, 0.15) is 11.4 Å². The predicted molar refractivity (Wildman–Crippen MR) is 142 cm³/mol. The van der Waals surface area contributed by atoms with Gasteiger partial charge in [-0.2, -0.15) is 0 Å². The van der Waals surface area contributed by atoms with Gasteiger partial charge in [0.05, 0.1) is 5.56 Å². The third-order valence-corrected chi connectivity index (χ3v) is 6.40. The molecule has 5 heteroatoms. The fourth-order valence-corrected chi connectivity index (χ4v) is 4.79. The molecule has 1 N–H and O–H groups in total. The summed E-state index contributed by atoms with van der Waals surface area (Å²) in [5.41, 5.74) is 1.20. The minimum Gasteiger partial charge on any atom is -0.350 e. The van der Waals surface area contributed by atoms with Gasteiger partial charge in [0, 0.05) is 35.4 Å². The summed E-state index contributed by atoms with van der Waals surface area (Å²) < 4.78 is 0. The van der Waals surface area contributed by atoms with Crippen LogP contribution in [0.2, 0.25) is 0 Å². The van der Waals surface area contributed by atoms with E-state index < -0.39 is 5.54 Å². The molecule has 0 bridgehead atoms. The highest BCUT2D eigenvalue weighted by molar-refractivity contribution is 6.23. The Morgan fingerprint density at radius 3 is 2.29 bits per heavy atom. The van der Waals surface area contributed by atoms with Crippen molar-refractivity contribution in [2.24, 2.45) is 0 Å². The lowest BCUT2D eigenvalue weighted by Crippen LogP contribution is -2.48. The molecule has 5 rings (SSSR count). The maximum absolute atomic E-state index is 14.2. The zero-order valence-corrected chi connectivity index (χ0v) is 19.8. The molecule has 0 saturated heterocycles. The monoisotopic (exact) mass is 461 g/mol. The van der Waals surface area contributed by atoms with Gasteiger partial charge >= 0.3 is 0 Å². The number of rotatable bonds is 5. The zero-order chi connectivity index (χ0) is 24.4. The summed E-state index contributed by atoms with van der Waals surface area (Å²) in [7, 11) is 0. The number of anilines is 1. The lowest BCUT2D eigenvalue weighted by molar-refractivity contribution is 0.0957. The van der Waals surface area contributed by atoms with Crippen LogP contribution in [0.3, 0.4) is 0 Å². The minimum absolute atomic E-state index is 0.0670. The summed E-state index contributed by atoms with van der Waals surface area (Å²) in [5.74, 6) is 0.445. The number of nitrogens with one attached hydrogen (secondary N) is 1. The number of nitrogens with zero attached hydrogens (tertiary/aromatic N) is 2. The molecule has 35 heavy (non-hydrogen) atoms.